The Kier molecular flexibility index (Phi) is 5.42. The van der Waals surface area contributed by atoms with E-state index >= 15 is 0 Å². The Bertz CT molecular complexity index is 837. The van der Waals surface area contributed by atoms with Crippen LogP contribution in [0.4, 0.5) is 0 Å². The van der Waals surface area contributed by atoms with Crippen molar-refractivity contribution in [2.24, 2.45) is 0 Å². The molecule has 5 nitrogen and oxygen atoms in total. The van der Waals surface area contributed by atoms with Crippen molar-refractivity contribution < 1.29 is 19.0 Å². The van der Waals surface area contributed by atoms with Gasteiger partial charge in [0.25, 0.3) is 5.91 Å². The quantitative estimate of drug-likeness (QED) is 0.745. The molecule has 28 heavy (non-hydrogen) atoms. The average molecular weight is 381 g/mol. The number of hydrogen-bond acceptors (Lipinski definition) is 4. The van der Waals surface area contributed by atoms with Crippen LogP contribution in [0.2, 0.25) is 0 Å². The molecule has 1 fully saturated rings. The summed E-state index contributed by atoms with van der Waals surface area (Å²) in [5.74, 6) is 2.30. The number of nitrogens with zero attached hydrogens (tertiary/aromatic N) is 1. The van der Waals surface area contributed by atoms with E-state index in [0.717, 1.165) is 46.8 Å². The molecule has 1 saturated carbocycles. The van der Waals surface area contributed by atoms with E-state index in [1.165, 1.54) is 12.8 Å². The van der Waals surface area contributed by atoms with Crippen molar-refractivity contribution in [2.75, 3.05) is 13.4 Å². The average Bonchev–Trinajstić information content (AvgIpc) is 3.34. The number of carbonyl (C=O) groups is 1. The summed E-state index contributed by atoms with van der Waals surface area (Å²) in [6.07, 6.45) is 4.46. The van der Waals surface area contributed by atoms with Crippen LogP contribution in [0.25, 0.3) is 0 Å². The van der Waals surface area contributed by atoms with Crippen LogP contribution in [0.1, 0.15) is 42.4 Å². The van der Waals surface area contributed by atoms with E-state index in [1.807, 2.05) is 49.1 Å². The highest BCUT2D eigenvalue weighted by molar-refractivity contribution is 5.78. The molecule has 1 aliphatic heterocycles. The van der Waals surface area contributed by atoms with Gasteiger partial charge in [0.05, 0.1) is 0 Å². The molecule has 148 valence electrons. The summed E-state index contributed by atoms with van der Waals surface area (Å²) in [5.41, 5.74) is 3.32. The highest BCUT2D eigenvalue weighted by Gasteiger charge is 2.27. The smallest absolute Gasteiger partial charge is 0.261 e. The van der Waals surface area contributed by atoms with E-state index in [1.54, 1.807) is 0 Å². The Hall–Kier alpha value is -2.69. The molecule has 0 N–H and O–H groups in total. The number of fused-ring (bicyclic) bond motifs is 1. The summed E-state index contributed by atoms with van der Waals surface area (Å²) in [5, 5.41) is 0. The highest BCUT2D eigenvalue weighted by Crippen LogP contribution is 2.33. The summed E-state index contributed by atoms with van der Waals surface area (Å²) < 4.78 is 16.7. The molecule has 0 unspecified atom stereocenters. The number of rotatable bonds is 6. The molecule has 4 rings (SSSR count). The molecule has 0 spiro atoms. The fourth-order valence-electron chi connectivity index (χ4n) is 4.12. The number of benzene rings is 2. The molecule has 0 radical (unpaired) electrons. The SMILES string of the molecule is Cc1cc(C)cc(OCC(=O)N(Cc2ccc3c(c2)OCO3)C2CCCC2)c1. The van der Waals surface area contributed by atoms with Gasteiger partial charge in [-0.25, -0.2) is 0 Å². The van der Waals surface area contributed by atoms with Crippen molar-refractivity contribution in [3.63, 3.8) is 0 Å². The Morgan fingerprint density at radius 1 is 1.04 bits per heavy atom. The molecule has 0 saturated heterocycles. The van der Waals surface area contributed by atoms with E-state index < -0.39 is 0 Å². The van der Waals surface area contributed by atoms with Crippen LogP contribution in [0.5, 0.6) is 17.2 Å². The molecule has 2 aromatic carbocycles. The summed E-state index contributed by atoms with van der Waals surface area (Å²) in [6.45, 7) is 4.95. The maximum absolute atomic E-state index is 13.1. The van der Waals surface area contributed by atoms with Gasteiger partial charge in [0.1, 0.15) is 5.75 Å². The van der Waals surface area contributed by atoms with Crippen molar-refractivity contribution in [3.8, 4) is 17.2 Å². The van der Waals surface area contributed by atoms with Crippen LogP contribution in [-0.4, -0.2) is 30.2 Å². The van der Waals surface area contributed by atoms with Gasteiger partial charge in [0.2, 0.25) is 6.79 Å². The normalized spacial score (nSPS) is 15.6. The third-order valence-corrected chi connectivity index (χ3v) is 5.43. The Morgan fingerprint density at radius 2 is 1.75 bits per heavy atom. The molecule has 0 atom stereocenters. The summed E-state index contributed by atoms with van der Waals surface area (Å²) in [6, 6.07) is 12.2. The Morgan fingerprint density at radius 3 is 2.50 bits per heavy atom. The van der Waals surface area contributed by atoms with Crippen molar-refractivity contribution in [1.82, 2.24) is 4.90 Å². The van der Waals surface area contributed by atoms with Gasteiger partial charge in [-0.1, -0.05) is 25.0 Å². The van der Waals surface area contributed by atoms with Gasteiger partial charge in [0, 0.05) is 12.6 Å². The van der Waals surface area contributed by atoms with Gasteiger partial charge in [-0.05, 0) is 67.6 Å². The first-order valence-corrected chi connectivity index (χ1v) is 9.97. The van der Waals surface area contributed by atoms with Crippen LogP contribution in [-0.2, 0) is 11.3 Å². The fraction of sp³-hybridized carbons (Fsp3) is 0.435. The molecule has 0 bridgehead atoms. The predicted molar refractivity (Wildman–Crippen MR) is 107 cm³/mol. The number of hydrogen-bond donors (Lipinski definition) is 0. The van der Waals surface area contributed by atoms with Gasteiger partial charge in [-0.2, -0.15) is 0 Å². The number of carbonyl (C=O) groups excluding carboxylic acids is 1. The first-order chi connectivity index (χ1) is 13.6. The van der Waals surface area contributed by atoms with Crippen LogP contribution in [0, 0.1) is 13.8 Å². The molecular weight excluding hydrogens is 354 g/mol. The van der Waals surface area contributed by atoms with E-state index in [0.29, 0.717) is 6.54 Å². The lowest BCUT2D eigenvalue weighted by atomic mass is 10.1. The molecule has 1 aliphatic carbocycles. The largest absolute Gasteiger partial charge is 0.484 e. The molecular formula is C23H27NO4. The van der Waals surface area contributed by atoms with Gasteiger partial charge in [-0.3, -0.25) is 4.79 Å². The second-order valence-corrected chi connectivity index (χ2v) is 7.76. The van der Waals surface area contributed by atoms with Crippen LogP contribution in [0.3, 0.4) is 0 Å². The Labute approximate surface area is 166 Å². The molecule has 0 aromatic heterocycles. The van der Waals surface area contributed by atoms with Gasteiger partial charge in [-0.15, -0.1) is 0 Å². The fourth-order valence-corrected chi connectivity index (χ4v) is 4.12. The predicted octanol–water partition coefficient (Wildman–Crippen LogP) is 4.38. The van der Waals surface area contributed by atoms with E-state index in [9.17, 15) is 4.79 Å². The lowest BCUT2D eigenvalue weighted by Gasteiger charge is -2.29. The lowest BCUT2D eigenvalue weighted by Crippen LogP contribution is -2.41. The molecule has 5 heteroatoms. The number of ether oxygens (including phenoxy) is 3. The number of amides is 1. The Balaban J connectivity index is 1.46. The molecule has 2 aliphatic rings. The van der Waals surface area contributed by atoms with Crippen molar-refractivity contribution in [1.29, 1.82) is 0 Å². The maximum Gasteiger partial charge on any atom is 0.261 e. The van der Waals surface area contributed by atoms with Crippen molar-refractivity contribution in [2.45, 2.75) is 52.1 Å². The van der Waals surface area contributed by atoms with Crippen LogP contribution < -0.4 is 14.2 Å². The first kappa shape index (κ1) is 18.7. The number of aryl methyl sites for hydroxylation is 2. The standard InChI is InChI=1S/C23H27NO4/c1-16-9-17(2)11-20(10-16)26-14-23(25)24(19-5-3-4-6-19)13-18-7-8-21-22(12-18)28-15-27-21/h7-12,19H,3-6,13-15H2,1-2H3. The van der Waals surface area contributed by atoms with E-state index in [2.05, 4.69) is 6.07 Å². The molecule has 1 heterocycles. The first-order valence-electron chi connectivity index (χ1n) is 9.97. The van der Waals surface area contributed by atoms with Gasteiger partial charge < -0.3 is 19.1 Å². The minimum Gasteiger partial charge on any atom is -0.484 e. The monoisotopic (exact) mass is 381 g/mol. The van der Waals surface area contributed by atoms with Gasteiger partial charge >= 0.3 is 0 Å². The zero-order chi connectivity index (χ0) is 19.5. The maximum atomic E-state index is 13.1. The zero-order valence-corrected chi connectivity index (χ0v) is 16.6. The summed E-state index contributed by atoms with van der Waals surface area (Å²) in [4.78, 5) is 15.0. The van der Waals surface area contributed by atoms with Crippen LogP contribution >= 0.6 is 0 Å². The van der Waals surface area contributed by atoms with Crippen molar-refractivity contribution in [3.05, 3.63) is 53.1 Å². The second kappa shape index (κ2) is 8.13. The van der Waals surface area contributed by atoms with Crippen LogP contribution in [0.15, 0.2) is 36.4 Å². The van der Waals surface area contributed by atoms with E-state index in [4.69, 9.17) is 14.2 Å². The van der Waals surface area contributed by atoms with Gasteiger partial charge in [0.15, 0.2) is 18.1 Å². The second-order valence-electron chi connectivity index (χ2n) is 7.76. The summed E-state index contributed by atoms with van der Waals surface area (Å²) >= 11 is 0. The van der Waals surface area contributed by atoms with Crippen molar-refractivity contribution >= 4 is 5.91 Å². The summed E-state index contributed by atoms with van der Waals surface area (Å²) in [7, 11) is 0. The molecule has 1 amide bonds. The minimum absolute atomic E-state index is 0.0312. The molecule has 2 aromatic rings. The highest BCUT2D eigenvalue weighted by atomic mass is 16.7. The lowest BCUT2D eigenvalue weighted by molar-refractivity contribution is -0.136. The van der Waals surface area contributed by atoms with E-state index in [-0.39, 0.29) is 25.3 Å². The topological polar surface area (TPSA) is 48.0 Å². The zero-order valence-electron chi connectivity index (χ0n) is 16.6. The third-order valence-electron chi connectivity index (χ3n) is 5.43. The third kappa shape index (κ3) is 4.24. The minimum atomic E-state index is 0.0312.